The van der Waals surface area contributed by atoms with Crippen molar-refractivity contribution in [2.45, 2.75) is 6.92 Å². The zero-order chi connectivity index (χ0) is 31.7. The normalized spacial score (nSPS) is 11.5. The Morgan fingerprint density at radius 1 is 0.553 bits per heavy atom. The van der Waals surface area contributed by atoms with Crippen molar-refractivity contribution < 1.29 is 0 Å². The highest BCUT2D eigenvalue weighted by molar-refractivity contribution is 6.24. The van der Waals surface area contributed by atoms with Crippen LogP contribution >= 0.6 is 0 Å². The molecule has 47 heavy (non-hydrogen) atoms. The second-order valence-electron chi connectivity index (χ2n) is 11.6. The molecule has 0 amide bonds. The van der Waals surface area contributed by atoms with Gasteiger partial charge in [-0.05, 0) is 75.6 Å². The lowest BCUT2D eigenvalue weighted by atomic mass is 9.84. The van der Waals surface area contributed by atoms with Crippen LogP contribution in [-0.4, -0.2) is 16.7 Å². The minimum atomic E-state index is 0.787. The van der Waals surface area contributed by atoms with Crippen molar-refractivity contribution >= 4 is 50.9 Å². The van der Waals surface area contributed by atoms with E-state index >= 15 is 0 Å². The molecule has 0 aliphatic carbocycles. The SMILES string of the molecule is C=Nc1c(/C=C\C)ccc2c(-c3c4ccccc4c(-c4ccnc(-c5ccccc5)c4)c4ccccc34)cc(-c3ccccc3)nc12. The molecule has 6 aromatic carbocycles. The van der Waals surface area contributed by atoms with Crippen LogP contribution in [0.25, 0.3) is 83.3 Å². The van der Waals surface area contributed by atoms with Crippen LogP contribution in [0.15, 0.2) is 157 Å². The molecule has 3 nitrogen and oxygen atoms in total. The lowest BCUT2D eigenvalue weighted by Crippen LogP contribution is -1.95. The van der Waals surface area contributed by atoms with Crippen LogP contribution in [0.4, 0.5) is 5.69 Å². The van der Waals surface area contributed by atoms with Gasteiger partial charge in [0.05, 0.1) is 22.6 Å². The number of pyridine rings is 2. The summed E-state index contributed by atoms with van der Waals surface area (Å²) >= 11 is 0. The Morgan fingerprint density at radius 3 is 1.72 bits per heavy atom. The summed E-state index contributed by atoms with van der Waals surface area (Å²) in [6.07, 6.45) is 6.02. The maximum absolute atomic E-state index is 5.23. The van der Waals surface area contributed by atoms with E-state index in [2.05, 4.69) is 145 Å². The smallest absolute Gasteiger partial charge is 0.0978 e. The minimum Gasteiger partial charge on any atom is -0.262 e. The molecule has 0 aliphatic rings. The average molecular weight is 602 g/mol. The number of aliphatic imine (C=N–C) groups is 1. The molecule has 0 aliphatic heterocycles. The van der Waals surface area contributed by atoms with E-state index in [4.69, 9.17) is 9.97 Å². The summed E-state index contributed by atoms with van der Waals surface area (Å²) in [5, 5.41) is 5.77. The lowest BCUT2D eigenvalue weighted by Gasteiger charge is -2.20. The predicted molar refractivity (Wildman–Crippen MR) is 200 cm³/mol. The molecule has 2 heterocycles. The zero-order valence-electron chi connectivity index (χ0n) is 26.1. The molecule has 0 N–H and O–H groups in total. The quantitative estimate of drug-likeness (QED) is 0.140. The number of allylic oxidation sites excluding steroid dienone is 1. The van der Waals surface area contributed by atoms with Gasteiger partial charge in [-0.2, -0.15) is 0 Å². The molecule has 0 saturated carbocycles. The highest BCUT2D eigenvalue weighted by Crippen LogP contribution is 2.47. The number of fused-ring (bicyclic) bond motifs is 3. The van der Waals surface area contributed by atoms with Crippen LogP contribution in [0.1, 0.15) is 12.5 Å². The van der Waals surface area contributed by atoms with E-state index in [9.17, 15) is 0 Å². The largest absolute Gasteiger partial charge is 0.262 e. The summed E-state index contributed by atoms with van der Waals surface area (Å²) in [6, 6.07) is 49.1. The maximum atomic E-state index is 5.23. The fourth-order valence-corrected chi connectivity index (χ4v) is 6.82. The van der Waals surface area contributed by atoms with Gasteiger partial charge in [-0.3, -0.25) is 9.98 Å². The number of hydrogen-bond acceptors (Lipinski definition) is 3. The zero-order valence-corrected chi connectivity index (χ0v) is 26.1. The summed E-state index contributed by atoms with van der Waals surface area (Å²) in [4.78, 5) is 14.5. The first-order valence-electron chi connectivity index (χ1n) is 15.8. The van der Waals surface area contributed by atoms with E-state index in [1.165, 1.54) is 32.7 Å². The first-order chi connectivity index (χ1) is 23.2. The van der Waals surface area contributed by atoms with Gasteiger partial charge in [-0.25, -0.2) is 4.98 Å². The van der Waals surface area contributed by atoms with Crippen LogP contribution in [0.5, 0.6) is 0 Å². The molecule has 0 saturated heterocycles. The van der Waals surface area contributed by atoms with E-state index < -0.39 is 0 Å². The van der Waals surface area contributed by atoms with E-state index in [0.29, 0.717) is 0 Å². The second-order valence-corrected chi connectivity index (χ2v) is 11.6. The Balaban J connectivity index is 1.50. The van der Waals surface area contributed by atoms with Gasteiger partial charge in [-0.15, -0.1) is 0 Å². The standard InChI is InChI=1S/C44H31N3/c1-3-14-31-23-24-37-38(28-40(30-17-8-5-9-18-30)47-44(37)43(31)45-2)42-35-21-12-10-19-33(35)41(34-20-11-13-22-36(34)42)32-25-26-46-39(27-32)29-15-6-4-7-16-29/h3-28H,2H2,1H3/b14-3-. The van der Waals surface area contributed by atoms with E-state index in [0.717, 1.165) is 55.8 Å². The van der Waals surface area contributed by atoms with Crippen molar-refractivity contribution in [3.05, 3.63) is 157 Å². The average Bonchev–Trinajstić information content (AvgIpc) is 3.14. The Bertz CT molecular complexity index is 2420. The van der Waals surface area contributed by atoms with Gasteiger partial charge in [0.2, 0.25) is 0 Å². The molecular weight excluding hydrogens is 571 g/mol. The molecular formula is C44H31N3. The van der Waals surface area contributed by atoms with Gasteiger partial charge in [0.1, 0.15) is 0 Å². The molecule has 0 fully saturated rings. The summed E-state index contributed by atoms with van der Waals surface area (Å²) in [7, 11) is 0. The molecule has 0 radical (unpaired) electrons. The van der Waals surface area contributed by atoms with E-state index in [1.54, 1.807) is 0 Å². The first kappa shape index (κ1) is 28.3. The van der Waals surface area contributed by atoms with Crippen LogP contribution in [-0.2, 0) is 0 Å². The molecule has 0 atom stereocenters. The number of rotatable bonds is 6. The molecule has 0 bridgehead atoms. The number of aromatic nitrogens is 2. The van der Waals surface area contributed by atoms with Crippen molar-refractivity contribution in [1.29, 1.82) is 0 Å². The van der Waals surface area contributed by atoms with Crippen LogP contribution in [0, 0.1) is 0 Å². The summed E-state index contributed by atoms with van der Waals surface area (Å²) in [5.41, 5.74) is 11.2. The third-order valence-electron chi connectivity index (χ3n) is 8.88. The molecule has 0 spiro atoms. The van der Waals surface area contributed by atoms with Gasteiger partial charge in [0.15, 0.2) is 0 Å². The summed E-state index contributed by atoms with van der Waals surface area (Å²) in [5.74, 6) is 0. The van der Waals surface area contributed by atoms with Gasteiger partial charge >= 0.3 is 0 Å². The molecule has 2 aromatic heterocycles. The third kappa shape index (κ3) is 4.90. The van der Waals surface area contributed by atoms with Crippen molar-refractivity contribution in [3.63, 3.8) is 0 Å². The van der Waals surface area contributed by atoms with Gasteiger partial charge < -0.3 is 0 Å². The van der Waals surface area contributed by atoms with Crippen LogP contribution < -0.4 is 0 Å². The van der Waals surface area contributed by atoms with Gasteiger partial charge in [0, 0.05) is 28.3 Å². The lowest BCUT2D eigenvalue weighted by molar-refractivity contribution is 1.33. The molecule has 3 heteroatoms. The summed E-state index contributed by atoms with van der Waals surface area (Å²) in [6.45, 7) is 5.99. The van der Waals surface area contributed by atoms with Crippen LogP contribution in [0.3, 0.4) is 0 Å². The topological polar surface area (TPSA) is 38.1 Å². The molecule has 222 valence electrons. The summed E-state index contributed by atoms with van der Waals surface area (Å²) < 4.78 is 0. The van der Waals surface area contributed by atoms with Crippen molar-refractivity contribution in [2.24, 2.45) is 4.99 Å². The number of nitrogens with zero attached hydrogens (tertiary/aromatic N) is 3. The fourth-order valence-electron chi connectivity index (χ4n) is 6.82. The predicted octanol–water partition coefficient (Wildman–Crippen LogP) is 12.0. The second kappa shape index (κ2) is 12.0. The third-order valence-corrected chi connectivity index (χ3v) is 8.88. The Labute approximate surface area is 274 Å². The fraction of sp³-hybridized carbons (Fsp3) is 0.0227. The Kier molecular flexibility index (Phi) is 7.20. The van der Waals surface area contributed by atoms with Gasteiger partial charge in [0.25, 0.3) is 0 Å². The Morgan fingerprint density at radius 2 is 1.13 bits per heavy atom. The van der Waals surface area contributed by atoms with Crippen LogP contribution in [0.2, 0.25) is 0 Å². The highest BCUT2D eigenvalue weighted by atomic mass is 14.8. The highest BCUT2D eigenvalue weighted by Gasteiger charge is 2.21. The first-order valence-corrected chi connectivity index (χ1v) is 15.8. The molecule has 0 unspecified atom stereocenters. The van der Waals surface area contributed by atoms with Crippen molar-refractivity contribution in [3.8, 4) is 44.8 Å². The number of benzene rings is 6. The number of hydrogen-bond donors (Lipinski definition) is 0. The maximum Gasteiger partial charge on any atom is 0.0978 e. The van der Waals surface area contributed by atoms with E-state index in [-0.39, 0.29) is 0 Å². The molecule has 8 rings (SSSR count). The van der Waals surface area contributed by atoms with Crippen molar-refractivity contribution in [2.75, 3.05) is 0 Å². The minimum absolute atomic E-state index is 0.787. The van der Waals surface area contributed by atoms with E-state index in [1.807, 2.05) is 31.3 Å². The Hall–Kier alpha value is -6.19. The molecule has 8 aromatic rings. The van der Waals surface area contributed by atoms with Gasteiger partial charge in [-0.1, -0.05) is 133 Å². The van der Waals surface area contributed by atoms with Crippen molar-refractivity contribution in [1.82, 2.24) is 9.97 Å². The monoisotopic (exact) mass is 601 g/mol.